The zero-order valence-corrected chi connectivity index (χ0v) is 17.0. The number of nitrogens with one attached hydrogen (secondary N) is 1. The minimum Gasteiger partial charge on any atom is -0.494 e. The zero-order chi connectivity index (χ0) is 20.0. The third-order valence-electron chi connectivity index (χ3n) is 4.47. The van der Waals surface area contributed by atoms with E-state index in [1.165, 1.54) is 7.11 Å². The van der Waals surface area contributed by atoms with Crippen molar-refractivity contribution >= 4 is 32.7 Å². The van der Waals surface area contributed by atoms with Gasteiger partial charge in [-0.2, -0.15) is 0 Å². The number of ether oxygens (including phenoxy) is 2. The number of aromatic nitrogens is 2. The fourth-order valence-corrected chi connectivity index (χ4v) is 5.02. The van der Waals surface area contributed by atoms with Gasteiger partial charge in [-0.1, -0.05) is 0 Å². The van der Waals surface area contributed by atoms with Gasteiger partial charge in [0.05, 0.1) is 35.3 Å². The molecule has 1 amide bonds. The highest BCUT2D eigenvalue weighted by Crippen LogP contribution is 2.34. The maximum atomic E-state index is 12.1. The van der Waals surface area contributed by atoms with Gasteiger partial charge in [0.2, 0.25) is 0 Å². The molecular weight excluding hydrogens is 370 g/mol. The van der Waals surface area contributed by atoms with Crippen LogP contribution in [0.2, 0.25) is 0 Å². The molecule has 2 aromatic rings. The van der Waals surface area contributed by atoms with Crippen molar-refractivity contribution in [3.63, 3.8) is 0 Å². The Kier molecular flexibility index (Phi) is 4.83. The van der Waals surface area contributed by atoms with Gasteiger partial charge in [0.15, 0.2) is 9.84 Å². The van der Waals surface area contributed by atoms with Gasteiger partial charge in [0.25, 0.3) is 0 Å². The Morgan fingerprint density at radius 1 is 1.33 bits per heavy atom. The number of benzene rings is 1. The van der Waals surface area contributed by atoms with Crippen LogP contribution in [-0.2, 0) is 21.6 Å². The quantitative estimate of drug-likeness (QED) is 0.858. The van der Waals surface area contributed by atoms with Crippen molar-refractivity contribution in [3.8, 4) is 5.75 Å². The number of rotatable bonds is 3. The second kappa shape index (κ2) is 6.70. The predicted octanol–water partition coefficient (Wildman–Crippen LogP) is 2.83. The number of fused-ring (bicyclic) bond motifs is 1. The molecule has 1 atom stereocenters. The summed E-state index contributed by atoms with van der Waals surface area (Å²) in [5.41, 5.74) is 1.31. The zero-order valence-electron chi connectivity index (χ0n) is 16.2. The van der Waals surface area contributed by atoms with Crippen LogP contribution in [0.4, 0.5) is 10.5 Å². The first-order valence-electron chi connectivity index (χ1n) is 8.74. The van der Waals surface area contributed by atoms with E-state index >= 15 is 0 Å². The smallest absolute Gasteiger partial charge is 0.412 e. The van der Waals surface area contributed by atoms with Crippen LogP contribution in [0.5, 0.6) is 5.75 Å². The molecule has 148 valence electrons. The van der Waals surface area contributed by atoms with Crippen molar-refractivity contribution in [2.45, 2.75) is 38.7 Å². The molecule has 1 aromatic carbocycles. The Bertz CT molecular complexity index is 989. The van der Waals surface area contributed by atoms with Crippen molar-refractivity contribution in [1.29, 1.82) is 0 Å². The molecule has 27 heavy (non-hydrogen) atoms. The van der Waals surface area contributed by atoms with Crippen LogP contribution in [0.25, 0.3) is 11.0 Å². The number of sulfone groups is 1. The molecule has 0 bridgehead atoms. The maximum Gasteiger partial charge on any atom is 0.412 e. The second-order valence-corrected chi connectivity index (χ2v) is 10.0. The molecule has 0 radical (unpaired) electrons. The van der Waals surface area contributed by atoms with E-state index in [2.05, 4.69) is 10.3 Å². The third-order valence-corrected chi connectivity index (χ3v) is 6.24. The van der Waals surface area contributed by atoms with Crippen molar-refractivity contribution < 1.29 is 22.7 Å². The van der Waals surface area contributed by atoms with Gasteiger partial charge in [-0.3, -0.25) is 5.32 Å². The first kappa shape index (κ1) is 19.5. The molecule has 0 spiro atoms. The number of methoxy groups -OCH3 is 1. The fraction of sp³-hybridized carbons (Fsp3) is 0.556. The maximum absolute atomic E-state index is 12.1. The summed E-state index contributed by atoms with van der Waals surface area (Å²) in [7, 11) is 0.352. The van der Waals surface area contributed by atoms with Gasteiger partial charge in [0, 0.05) is 19.0 Å². The van der Waals surface area contributed by atoms with Gasteiger partial charge < -0.3 is 14.0 Å². The van der Waals surface area contributed by atoms with Crippen LogP contribution in [0.1, 0.15) is 38.9 Å². The van der Waals surface area contributed by atoms with Gasteiger partial charge in [-0.25, -0.2) is 18.2 Å². The normalized spacial score (nSPS) is 19.2. The minimum absolute atomic E-state index is 0.115. The average molecular weight is 395 g/mol. The highest BCUT2D eigenvalue weighted by atomic mass is 32.2. The number of aryl methyl sites for hydroxylation is 1. The fourth-order valence-electron chi connectivity index (χ4n) is 3.28. The molecular formula is C18H25N3O5S. The summed E-state index contributed by atoms with van der Waals surface area (Å²) in [6.07, 6.45) is -0.0101. The molecule has 3 rings (SSSR count). The predicted molar refractivity (Wildman–Crippen MR) is 103 cm³/mol. The molecule has 2 heterocycles. The molecule has 9 heteroatoms. The van der Waals surface area contributed by atoms with E-state index in [4.69, 9.17) is 9.47 Å². The molecule has 1 fully saturated rings. The topological polar surface area (TPSA) is 99.5 Å². The van der Waals surface area contributed by atoms with E-state index < -0.39 is 21.5 Å². The van der Waals surface area contributed by atoms with Crippen molar-refractivity contribution in [2.24, 2.45) is 7.05 Å². The first-order chi connectivity index (χ1) is 12.5. The lowest BCUT2D eigenvalue weighted by molar-refractivity contribution is 0.0635. The second-order valence-electron chi connectivity index (χ2n) is 7.80. The third kappa shape index (κ3) is 4.18. The van der Waals surface area contributed by atoms with E-state index in [1.54, 1.807) is 32.9 Å². The Labute approximate surface area is 158 Å². The van der Waals surface area contributed by atoms with Crippen LogP contribution in [0.15, 0.2) is 12.1 Å². The summed E-state index contributed by atoms with van der Waals surface area (Å²) in [4.78, 5) is 16.7. The molecule has 1 aromatic heterocycles. The number of hydrogen-bond donors (Lipinski definition) is 1. The number of carbonyl (C=O) groups excluding carboxylic acids is 1. The van der Waals surface area contributed by atoms with Gasteiger partial charge in [-0.15, -0.1) is 0 Å². The van der Waals surface area contributed by atoms with Crippen molar-refractivity contribution in [2.75, 3.05) is 23.9 Å². The van der Waals surface area contributed by atoms with Crippen molar-refractivity contribution in [1.82, 2.24) is 9.55 Å². The SMILES string of the molecule is COc1cc2nc(C3CCS(=O)(=O)C3)n(C)c2cc1NC(=O)OC(C)(C)C. The molecule has 1 aliphatic heterocycles. The Hall–Kier alpha value is -2.29. The monoisotopic (exact) mass is 395 g/mol. The van der Waals surface area contributed by atoms with Crippen LogP contribution >= 0.6 is 0 Å². The lowest BCUT2D eigenvalue weighted by atomic mass is 10.1. The van der Waals surface area contributed by atoms with E-state index in [-0.39, 0.29) is 17.4 Å². The largest absolute Gasteiger partial charge is 0.494 e. The van der Waals surface area contributed by atoms with E-state index in [0.717, 1.165) is 11.3 Å². The summed E-state index contributed by atoms with van der Waals surface area (Å²) >= 11 is 0. The standard InChI is InChI=1S/C18H25N3O5S/c1-18(2,3)26-17(22)20-13-8-14-12(9-15(13)25-5)19-16(21(14)4)11-6-7-27(23,24)10-11/h8-9,11H,6-7,10H2,1-5H3,(H,20,22). The van der Waals surface area contributed by atoms with Crippen LogP contribution < -0.4 is 10.1 Å². The summed E-state index contributed by atoms with van der Waals surface area (Å²) in [6, 6.07) is 3.49. The number of hydrogen-bond acceptors (Lipinski definition) is 6. The van der Waals surface area contributed by atoms with Crippen LogP contribution in [0, 0.1) is 0 Å². The molecule has 1 aliphatic rings. The first-order valence-corrected chi connectivity index (χ1v) is 10.6. The van der Waals surface area contributed by atoms with E-state index in [0.29, 0.717) is 23.4 Å². The molecule has 0 saturated carbocycles. The Morgan fingerprint density at radius 2 is 2.04 bits per heavy atom. The molecule has 1 saturated heterocycles. The lowest BCUT2D eigenvalue weighted by Gasteiger charge is -2.20. The molecule has 1 N–H and O–H groups in total. The Balaban J connectivity index is 1.97. The van der Waals surface area contributed by atoms with Gasteiger partial charge >= 0.3 is 6.09 Å². The molecule has 1 unspecified atom stereocenters. The van der Waals surface area contributed by atoms with E-state index in [9.17, 15) is 13.2 Å². The summed E-state index contributed by atoms with van der Waals surface area (Å²) in [6.45, 7) is 5.36. The summed E-state index contributed by atoms with van der Waals surface area (Å²) < 4.78 is 36.2. The van der Waals surface area contributed by atoms with Crippen molar-refractivity contribution in [3.05, 3.63) is 18.0 Å². The lowest BCUT2D eigenvalue weighted by Crippen LogP contribution is -2.27. The molecule has 0 aliphatic carbocycles. The van der Waals surface area contributed by atoms with Gasteiger partial charge in [-0.05, 0) is 33.3 Å². The van der Waals surface area contributed by atoms with Crippen LogP contribution in [0.3, 0.4) is 0 Å². The molecule has 8 nitrogen and oxygen atoms in total. The number of anilines is 1. The number of nitrogens with zero attached hydrogens (tertiary/aromatic N) is 2. The van der Waals surface area contributed by atoms with Gasteiger partial charge in [0.1, 0.15) is 17.2 Å². The summed E-state index contributed by atoms with van der Waals surface area (Å²) in [5, 5.41) is 2.71. The number of imidazole rings is 1. The Morgan fingerprint density at radius 3 is 2.59 bits per heavy atom. The van der Waals surface area contributed by atoms with Crippen LogP contribution in [-0.4, -0.2) is 48.3 Å². The summed E-state index contributed by atoms with van der Waals surface area (Å²) in [5.74, 6) is 1.36. The number of amides is 1. The minimum atomic E-state index is -3.00. The highest BCUT2D eigenvalue weighted by molar-refractivity contribution is 7.91. The number of carbonyl (C=O) groups is 1. The van der Waals surface area contributed by atoms with E-state index in [1.807, 2.05) is 11.6 Å². The highest BCUT2D eigenvalue weighted by Gasteiger charge is 2.32. The average Bonchev–Trinajstić information content (AvgIpc) is 3.04.